The van der Waals surface area contributed by atoms with E-state index in [9.17, 15) is 4.79 Å². The van der Waals surface area contributed by atoms with E-state index in [0.29, 0.717) is 17.6 Å². The molecule has 0 fully saturated rings. The van der Waals surface area contributed by atoms with E-state index in [1.165, 1.54) is 11.3 Å². The second kappa shape index (κ2) is 5.58. The van der Waals surface area contributed by atoms with Gasteiger partial charge in [-0.3, -0.25) is 5.32 Å². The second-order valence-corrected chi connectivity index (χ2v) is 6.04. The van der Waals surface area contributed by atoms with Gasteiger partial charge in [-0.2, -0.15) is 0 Å². The molecule has 2 amide bonds. The lowest BCUT2D eigenvalue weighted by atomic mass is 9.99. The number of fused-ring (bicyclic) bond motifs is 1. The van der Waals surface area contributed by atoms with Crippen LogP contribution in [-0.2, 0) is 13.0 Å². The van der Waals surface area contributed by atoms with E-state index < -0.39 is 0 Å². The van der Waals surface area contributed by atoms with Gasteiger partial charge in [-0.25, -0.2) is 9.78 Å². The van der Waals surface area contributed by atoms with Crippen molar-refractivity contribution in [3.63, 3.8) is 0 Å². The SMILES string of the molecule is Cc1nnc(NC(=O)NCC2CCc3nccn3C2)s1. The Morgan fingerprint density at radius 3 is 3.25 bits per heavy atom. The Bertz CT molecular complexity index is 607. The summed E-state index contributed by atoms with van der Waals surface area (Å²) in [6.45, 7) is 3.42. The molecule has 3 rings (SSSR count). The lowest BCUT2D eigenvalue weighted by molar-refractivity contribution is 0.247. The van der Waals surface area contributed by atoms with Crippen LogP contribution in [0.5, 0.6) is 0 Å². The zero-order chi connectivity index (χ0) is 13.9. The van der Waals surface area contributed by atoms with Crippen molar-refractivity contribution in [1.29, 1.82) is 0 Å². The third kappa shape index (κ3) is 2.96. The van der Waals surface area contributed by atoms with Gasteiger partial charge in [0.1, 0.15) is 10.8 Å². The highest BCUT2D eigenvalue weighted by Crippen LogP contribution is 2.18. The van der Waals surface area contributed by atoms with E-state index in [-0.39, 0.29) is 6.03 Å². The van der Waals surface area contributed by atoms with Crippen LogP contribution in [0.1, 0.15) is 17.3 Å². The molecule has 0 aliphatic carbocycles. The minimum atomic E-state index is -0.224. The number of urea groups is 1. The topological polar surface area (TPSA) is 84.7 Å². The van der Waals surface area contributed by atoms with Gasteiger partial charge in [0.25, 0.3) is 0 Å². The molecule has 3 heterocycles. The minimum absolute atomic E-state index is 0.224. The third-order valence-electron chi connectivity index (χ3n) is 3.33. The minimum Gasteiger partial charge on any atom is -0.337 e. The predicted molar refractivity (Wildman–Crippen MR) is 75.7 cm³/mol. The summed E-state index contributed by atoms with van der Waals surface area (Å²) in [5.41, 5.74) is 0. The molecule has 0 saturated carbocycles. The summed E-state index contributed by atoms with van der Waals surface area (Å²) >= 11 is 1.36. The number of aryl methyl sites for hydroxylation is 2. The van der Waals surface area contributed by atoms with Gasteiger partial charge in [0, 0.05) is 31.9 Å². The summed E-state index contributed by atoms with van der Waals surface area (Å²) in [5, 5.41) is 14.7. The van der Waals surface area contributed by atoms with Gasteiger partial charge in [0.05, 0.1) is 0 Å². The number of nitrogens with one attached hydrogen (secondary N) is 2. The van der Waals surface area contributed by atoms with E-state index in [4.69, 9.17) is 0 Å². The highest BCUT2D eigenvalue weighted by molar-refractivity contribution is 7.15. The molecule has 2 aromatic heterocycles. The quantitative estimate of drug-likeness (QED) is 0.896. The molecule has 0 radical (unpaired) electrons. The molecule has 20 heavy (non-hydrogen) atoms. The Balaban J connectivity index is 1.47. The standard InChI is InChI=1S/C12H16N6OS/c1-8-16-17-12(20-8)15-11(19)14-6-9-2-3-10-13-4-5-18(10)7-9/h4-5,9H,2-3,6-7H2,1H3,(H2,14,15,17,19). The first-order valence-corrected chi connectivity index (χ1v) is 7.37. The summed E-state index contributed by atoms with van der Waals surface area (Å²) in [6.07, 6.45) is 5.84. The molecule has 0 bridgehead atoms. The number of carbonyl (C=O) groups excluding carboxylic acids is 1. The molecule has 106 valence electrons. The molecule has 7 nitrogen and oxygen atoms in total. The summed E-state index contributed by atoms with van der Waals surface area (Å²) in [7, 11) is 0. The highest BCUT2D eigenvalue weighted by Gasteiger charge is 2.19. The Labute approximate surface area is 120 Å². The van der Waals surface area contributed by atoms with Crippen LogP contribution in [0.4, 0.5) is 9.93 Å². The van der Waals surface area contributed by atoms with Crippen LogP contribution in [0, 0.1) is 12.8 Å². The zero-order valence-electron chi connectivity index (χ0n) is 11.2. The molecule has 1 unspecified atom stereocenters. The summed E-state index contributed by atoms with van der Waals surface area (Å²) < 4.78 is 2.15. The molecule has 2 aromatic rings. The van der Waals surface area contributed by atoms with Crippen molar-refractivity contribution in [1.82, 2.24) is 25.1 Å². The van der Waals surface area contributed by atoms with Crippen molar-refractivity contribution in [3.05, 3.63) is 23.2 Å². The summed E-state index contributed by atoms with van der Waals surface area (Å²) in [5.74, 6) is 1.58. The van der Waals surface area contributed by atoms with E-state index in [1.807, 2.05) is 19.3 Å². The number of carbonyl (C=O) groups is 1. The molecule has 0 aromatic carbocycles. The van der Waals surface area contributed by atoms with Crippen LogP contribution >= 0.6 is 11.3 Å². The first kappa shape index (κ1) is 13.0. The first-order valence-electron chi connectivity index (χ1n) is 6.55. The summed E-state index contributed by atoms with van der Waals surface area (Å²) in [6, 6.07) is -0.224. The molecule has 1 aliphatic heterocycles. The van der Waals surface area contributed by atoms with Crippen molar-refractivity contribution in [3.8, 4) is 0 Å². The molecule has 2 N–H and O–H groups in total. The zero-order valence-corrected chi connectivity index (χ0v) is 12.0. The molecular weight excluding hydrogens is 276 g/mol. The smallest absolute Gasteiger partial charge is 0.321 e. The lowest BCUT2D eigenvalue weighted by Gasteiger charge is -2.23. The van der Waals surface area contributed by atoms with Crippen LogP contribution < -0.4 is 10.6 Å². The van der Waals surface area contributed by atoms with Gasteiger partial charge in [0.2, 0.25) is 5.13 Å². The number of nitrogens with zero attached hydrogens (tertiary/aromatic N) is 4. The van der Waals surface area contributed by atoms with E-state index in [1.54, 1.807) is 0 Å². The van der Waals surface area contributed by atoms with Crippen molar-refractivity contribution in [2.45, 2.75) is 26.3 Å². The maximum atomic E-state index is 11.8. The van der Waals surface area contributed by atoms with Gasteiger partial charge < -0.3 is 9.88 Å². The van der Waals surface area contributed by atoms with Crippen LogP contribution in [0.25, 0.3) is 0 Å². The monoisotopic (exact) mass is 292 g/mol. The number of amides is 2. The van der Waals surface area contributed by atoms with E-state index in [0.717, 1.165) is 30.2 Å². The highest BCUT2D eigenvalue weighted by atomic mass is 32.1. The Kier molecular flexibility index (Phi) is 3.64. The molecular formula is C12H16N6OS. The van der Waals surface area contributed by atoms with Crippen LogP contribution in [0.3, 0.4) is 0 Å². The molecule has 1 aliphatic rings. The number of anilines is 1. The van der Waals surface area contributed by atoms with E-state index >= 15 is 0 Å². The number of hydrogen-bond acceptors (Lipinski definition) is 5. The Morgan fingerprint density at radius 1 is 1.55 bits per heavy atom. The van der Waals surface area contributed by atoms with Crippen molar-refractivity contribution in [2.24, 2.45) is 5.92 Å². The number of hydrogen-bond donors (Lipinski definition) is 2. The molecule has 0 spiro atoms. The van der Waals surface area contributed by atoms with Gasteiger partial charge in [-0.05, 0) is 19.3 Å². The number of imidazole rings is 1. The second-order valence-electron chi connectivity index (χ2n) is 4.86. The average Bonchev–Trinajstić information content (AvgIpc) is 3.04. The lowest BCUT2D eigenvalue weighted by Crippen LogP contribution is -2.36. The average molecular weight is 292 g/mol. The van der Waals surface area contributed by atoms with Crippen molar-refractivity contribution >= 4 is 22.5 Å². The summed E-state index contributed by atoms with van der Waals surface area (Å²) in [4.78, 5) is 16.1. The largest absolute Gasteiger partial charge is 0.337 e. The Hall–Kier alpha value is -1.96. The molecule has 1 atom stereocenters. The van der Waals surface area contributed by atoms with Crippen LogP contribution in [-0.4, -0.2) is 32.3 Å². The predicted octanol–water partition coefficient (Wildman–Crippen LogP) is 1.43. The van der Waals surface area contributed by atoms with Gasteiger partial charge >= 0.3 is 6.03 Å². The van der Waals surface area contributed by atoms with E-state index in [2.05, 4.69) is 30.4 Å². The normalized spacial score (nSPS) is 17.6. The molecule has 8 heteroatoms. The van der Waals surface area contributed by atoms with Gasteiger partial charge in [-0.1, -0.05) is 11.3 Å². The first-order chi connectivity index (χ1) is 9.70. The van der Waals surface area contributed by atoms with Crippen LogP contribution in [0.2, 0.25) is 0 Å². The number of aromatic nitrogens is 4. The van der Waals surface area contributed by atoms with Gasteiger partial charge in [-0.15, -0.1) is 10.2 Å². The fourth-order valence-corrected chi connectivity index (χ4v) is 2.92. The van der Waals surface area contributed by atoms with Crippen molar-refractivity contribution < 1.29 is 4.79 Å². The maximum Gasteiger partial charge on any atom is 0.321 e. The van der Waals surface area contributed by atoms with Crippen molar-refractivity contribution in [2.75, 3.05) is 11.9 Å². The van der Waals surface area contributed by atoms with Crippen LogP contribution in [0.15, 0.2) is 12.4 Å². The molecule has 0 saturated heterocycles. The third-order valence-corrected chi connectivity index (χ3v) is 4.08. The number of rotatable bonds is 3. The Morgan fingerprint density at radius 2 is 2.45 bits per heavy atom. The maximum absolute atomic E-state index is 11.8. The fourth-order valence-electron chi connectivity index (χ4n) is 2.33. The van der Waals surface area contributed by atoms with Gasteiger partial charge in [0.15, 0.2) is 0 Å². The fraction of sp³-hybridized carbons (Fsp3) is 0.500.